The minimum Gasteiger partial charge on any atom is -0.278 e. The SMILES string of the molecule is Cc1cc(S(=O)(=O)Nc2cnccc2C)ccc1Br. The third-order valence-corrected chi connectivity index (χ3v) is 4.98. The fourth-order valence-electron chi connectivity index (χ4n) is 1.56. The van der Waals surface area contributed by atoms with Gasteiger partial charge in [-0.3, -0.25) is 9.71 Å². The number of aromatic nitrogens is 1. The summed E-state index contributed by atoms with van der Waals surface area (Å²) in [6.45, 7) is 3.67. The van der Waals surface area contributed by atoms with Crippen molar-refractivity contribution in [2.75, 3.05) is 4.72 Å². The normalized spacial score (nSPS) is 11.3. The summed E-state index contributed by atoms with van der Waals surface area (Å²) in [6.07, 6.45) is 3.12. The lowest BCUT2D eigenvalue weighted by Gasteiger charge is -2.10. The molecule has 0 fully saturated rings. The quantitative estimate of drug-likeness (QED) is 0.932. The molecule has 4 nitrogen and oxygen atoms in total. The smallest absolute Gasteiger partial charge is 0.261 e. The number of anilines is 1. The molecule has 0 atom stereocenters. The van der Waals surface area contributed by atoms with E-state index >= 15 is 0 Å². The van der Waals surface area contributed by atoms with Crippen LogP contribution in [0.4, 0.5) is 5.69 Å². The van der Waals surface area contributed by atoms with Crippen molar-refractivity contribution >= 4 is 31.6 Å². The first kappa shape index (κ1) is 14.0. The van der Waals surface area contributed by atoms with Gasteiger partial charge in [0.1, 0.15) is 0 Å². The van der Waals surface area contributed by atoms with E-state index in [9.17, 15) is 8.42 Å². The van der Waals surface area contributed by atoms with Crippen LogP contribution in [0.25, 0.3) is 0 Å². The molecule has 0 bridgehead atoms. The van der Waals surface area contributed by atoms with Crippen LogP contribution >= 0.6 is 15.9 Å². The summed E-state index contributed by atoms with van der Waals surface area (Å²) in [6, 6.07) is 6.66. The highest BCUT2D eigenvalue weighted by atomic mass is 79.9. The Morgan fingerprint density at radius 1 is 1.16 bits per heavy atom. The van der Waals surface area contributed by atoms with Crippen molar-refractivity contribution in [3.05, 3.63) is 52.3 Å². The predicted molar refractivity (Wildman–Crippen MR) is 78.7 cm³/mol. The number of sulfonamides is 1. The average Bonchev–Trinajstić information content (AvgIpc) is 2.35. The molecule has 6 heteroatoms. The Kier molecular flexibility index (Phi) is 3.91. The number of nitrogens with zero attached hydrogens (tertiary/aromatic N) is 1. The molecule has 0 amide bonds. The highest BCUT2D eigenvalue weighted by Crippen LogP contribution is 2.22. The van der Waals surface area contributed by atoms with Gasteiger partial charge in [0.2, 0.25) is 0 Å². The van der Waals surface area contributed by atoms with Crippen molar-refractivity contribution < 1.29 is 8.42 Å². The van der Waals surface area contributed by atoms with Gasteiger partial charge >= 0.3 is 0 Å². The number of hydrogen-bond acceptors (Lipinski definition) is 3. The number of benzene rings is 1. The van der Waals surface area contributed by atoms with Crippen LogP contribution in [0.5, 0.6) is 0 Å². The number of nitrogens with one attached hydrogen (secondary N) is 1. The third kappa shape index (κ3) is 3.13. The fourth-order valence-corrected chi connectivity index (χ4v) is 3.01. The molecule has 0 aliphatic rings. The van der Waals surface area contributed by atoms with Crippen molar-refractivity contribution in [2.45, 2.75) is 18.7 Å². The maximum atomic E-state index is 12.3. The van der Waals surface area contributed by atoms with Gasteiger partial charge in [0.25, 0.3) is 10.0 Å². The summed E-state index contributed by atoms with van der Waals surface area (Å²) in [7, 11) is -3.59. The molecular formula is C13H13BrN2O2S. The van der Waals surface area contributed by atoms with Crippen molar-refractivity contribution in [1.82, 2.24) is 4.98 Å². The minimum absolute atomic E-state index is 0.233. The van der Waals surface area contributed by atoms with Crippen LogP contribution in [-0.4, -0.2) is 13.4 Å². The van der Waals surface area contributed by atoms with Crippen molar-refractivity contribution in [3.8, 4) is 0 Å². The van der Waals surface area contributed by atoms with Crippen LogP contribution in [0, 0.1) is 13.8 Å². The monoisotopic (exact) mass is 340 g/mol. The van der Waals surface area contributed by atoms with Crippen LogP contribution in [0.1, 0.15) is 11.1 Å². The first-order valence-electron chi connectivity index (χ1n) is 5.60. The summed E-state index contributed by atoms with van der Waals surface area (Å²) in [5.74, 6) is 0. The Hall–Kier alpha value is -1.40. The maximum Gasteiger partial charge on any atom is 0.261 e. The van der Waals surface area contributed by atoms with Gasteiger partial charge in [-0.1, -0.05) is 15.9 Å². The van der Waals surface area contributed by atoms with Gasteiger partial charge in [0.05, 0.1) is 16.8 Å². The molecule has 0 aliphatic heterocycles. The molecular weight excluding hydrogens is 328 g/mol. The Bertz CT molecular complexity index is 714. The molecule has 0 saturated carbocycles. The Labute approximate surface area is 121 Å². The van der Waals surface area contributed by atoms with E-state index in [0.717, 1.165) is 15.6 Å². The van der Waals surface area contributed by atoms with Crippen LogP contribution in [0.3, 0.4) is 0 Å². The Morgan fingerprint density at radius 2 is 1.89 bits per heavy atom. The van der Waals surface area contributed by atoms with Crippen LogP contribution in [0.2, 0.25) is 0 Å². The molecule has 1 aromatic heterocycles. The lowest BCUT2D eigenvalue weighted by molar-refractivity contribution is 0.601. The predicted octanol–water partition coefficient (Wildman–Crippen LogP) is 3.26. The molecule has 100 valence electrons. The van der Waals surface area contributed by atoms with E-state index in [1.54, 1.807) is 30.5 Å². The van der Waals surface area contributed by atoms with E-state index in [1.807, 2.05) is 13.8 Å². The second kappa shape index (κ2) is 5.30. The Balaban J connectivity index is 2.38. The van der Waals surface area contributed by atoms with E-state index < -0.39 is 10.0 Å². The average molecular weight is 341 g/mol. The van der Waals surface area contributed by atoms with Gasteiger partial charge in [-0.25, -0.2) is 8.42 Å². The standard InChI is InChI=1S/C13H13BrN2O2S/c1-9-5-6-15-8-13(9)16-19(17,18)11-3-4-12(14)10(2)7-11/h3-8,16H,1-2H3. The molecule has 1 heterocycles. The molecule has 0 aliphatic carbocycles. The van der Waals surface area contributed by atoms with Crippen molar-refractivity contribution in [2.24, 2.45) is 0 Å². The van der Waals surface area contributed by atoms with Crippen LogP contribution < -0.4 is 4.72 Å². The van der Waals surface area contributed by atoms with Gasteiger partial charge in [-0.2, -0.15) is 0 Å². The van der Waals surface area contributed by atoms with E-state index in [-0.39, 0.29) is 4.90 Å². The van der Waals surface area contributed by atoms with Gasteiger partial charge in [0, 0.05) is 10.7 Å². The van der Waals surface area contributed by atoms with Gasteiger partial charge in [-0.15, -0.1) is 0 Å². The molecule has 1 N–H and O–H groups in total. The first-order valence-corrected chi connectivity index (χ1v) is 7.87. The lowest BCUT2D eigenvalue weighted by Crippen LogP contribution is -2.14. The molecule has 1 aromatic carbocycles. The molecule has 0 unspecified atom stereocenters. The third-order valence-electron chi connectivity index (χ3n) is 2.72. The van der Waals surface area contributed by atoms with E-state index in [4.69, 9.17) is 0 Å². The highest BCUT2D eigenvalue weighted by molar-refractivity contribution is 9.10. The van der Waals surface area contributed by atoms with Gasteiger partial charge in [0.15, 0.2) is 0 Å². The summed E-state index contributed by atoms with van der Waals surface area (Å²) in [4.78, 5) is 4.15. The molecule has 2 aromatic rings. The van der Waals surface area contributed by atoms with E-state index in [2.05, 4.69) is 25.6 Å². The van der Waals surface area contributed by atoms with Gasteiger partial charge in [-0.05, 0) is 49.2 Å². The second-order valence-electron chi connectivity index (χ2n) is 4.21. The van der Waals surface area contributed by atoms with Crippen LogP contribution in [-0.2, 0) is 10.0 Å². The lowest BCUT2D eigenvalue weighted by atomic mass is 10.2. The largest absolute Gasteiger partial charge is 0.278 e. The summed E-state index contributed by atoms with van der Waals surface area (Å²) >= 11 is 3.35. The van der Waals surface area contributed by atoms with Gasteiger partial charge < -0.3 is 0 Å². The zero-order valence-electron chi connectivity index (χ0n) is 10.5. The number of aryl methyl sites for hydroxylation is 2. The van der Waals surface area contributed by atoms with E-state index in [0.29, 0.717) is 5.69 Å². The summed E-state index contributed by atoms with van der Waals surface area (Å²) in [5, 5.41) is 0. The van der Waals surface area contributed by atoms with Crippen molar-refractivity contribution in [3.63, 3.8) is 0 Å². The molecule has 19 heavy (non-hydrogen) atoms. The molecule has 0 saturated heterocycles. The summed E-state index contributed by atoms with van der Waals surface area (Å²) < 4.78 is 27.9. The molecule has 2 rings (SSSR count). The number of rotatable bonds is 3. The first-order chi connectivity index (χ1) is 8.90. The molecule has 0 radical (unpaired) electrons. The number of hydrogen-bond donors (Lipinski definition) is 1. The maximum absolute atomic E-state index is 12.3. The second-order valence-corrected chi connectivity index (χ2v) is 6.74. The summed E-state index contributed by atoms with van der Waals surface area (Å²) in [5.41, 5.74) is 2.18. The molecule has 0 spiro atoms. The number of halogens is 1. The zero-order valence-corrected chi connectivity index (χ0v) is 12.9. The van der Waals surface area contributed by atoms with Crippen molar-refractivity contribution in [1.29, 1.82) is 0 Å². The highest BCUT2D eigenvalue weighted by Gasteiger charge is 2.16. The fraction of sp³-hybridized carbons (Fsp3) is 0.154. The Morgan fingerprint density at radius 3 is 2.53 bits per heavy atom. The zero-order chi connectivity index (χ0) is 14.0. The van der Waals surface area contributed by atoms with Crippen LogP contribution in [0.15, 0.2) is 46.0 Å². The minimum atomic E-state index is -3.59. The number of pyridine rings is 1. The van der Waals surface area contributed by atoms with E-state index in [1.165, 1.54) is 6.20 Å². The topological polar surface area (TPSA) is 59.1 Å².